The molecule has 0 fully saturated rings. The van der Waals surface area contributed by atoms with E-state index in [0.717, 1.165) is 32.1 Å². The number of allylic oxidation sites excluding steroid dienone is 2. The maximum absolute atomic E-state index is 12.7. The van der Waals surface area contributed by atoms with E-state index in [1.807, 2.05) is 21.1 Å². The predicted octanol–water partition coefficient (Wildman–Crippen LogP) is 14.3. The fourth-order valence-corrected chi connectivity index (χ4v) is 8.01. The van der Waals surface area contributed by atoms with Gasteiger partial charge in [0.15, 0.2) is 6.10 Å². The van der Waals surface area contributed by atoms with Crippen molar-refractivity contribution < 1.29 is 42.1 Å². The van der Waals surface area contributed by atoms with Gasteiger partial charge in [0, 0.05) is 12.8 Å². The normalized spacial score (nSPS) is 13.5. The quantitative estimate of drug-likeness (QED) is 0.0195. The number of esters is 2. The number of likely N-dealkylation sites (N-methyl/N-ethyl adjacent to an activating group) is 1. The van der Waals surface area contributed by atoms with Gasteiger partial charge in [-0.2, -0.15) is 0 Å². The van der Waals surface area contributed by atoms with Crippen molar-refractivity contribution in [1.29, 1.82) is 0 Å². The number of carbonyl (C=O) groups is 2. The van der Waals surface area contributed by atoms with Crippen LogP contribution in [0.1, 0.15) is 245 Å². The minimum atomic E-state index is -4.62. The van der Waals surface area contributed by atoms with Crippen LogP contribution in [0, 0.1) is 0 Å². The summed E-state index contributed by atoms with van der Waals surface area (Å²) in [5.74, 6) is -0.822. The molecule has 0 aliphatic rings. The molecule has 0 heterocycles. The summed E-state index contributed by atoms with van der Waals surface area (Å²) in [5.41, 5.74) is 0. The van der Waals surface area contributed by atoms with Gasteiger partial charge in [0.1, 0.15) is 19.8 Å². The van der Waals surface area contributed by atoms with Crippen LogP contribution in [0.3, 0.4) is 0 Å². The maximum atomic E-state index is 12.7. The van der Waals surface area contributed by atoms with Gasteiger partial charge >= 0.3 is 11.9 Å². The minimum Gasteiger partial charge on any atom is -0.756 e. The summed E-state index contributed by atoms with van der Waals surface area (Å²) in [6.45, 7) is 4.24. The number of quaternary nitrogens is 1. The molecular weight excluding hydrogens is 774 g/mol. The summed E-state index contributed by atoms with van der Waals surface area (Å²) in [6, 6.07) is 0. The molecule has 0 aromatic heterocycles. The Morgan fingerprint density at radius 2 is 0.867 bits per heavy atom. The lowest BCUT2D eigenvalue weighted by molar-refractivity contribution is -0.870. The number of unbranched alkanes of at least 4 members (excludes halogenated alkanes) is 31. The second-order valence-electron chi connectivity index (χ2n) is 18.5. The Kier molecular flexibility index (Phi) is 42.1. The predicted molar refractivity (Wildman–Crippen MR) is 250 cm³/mol. The molecule has 0 spiro atoms. The second kappa shape index (κ2) is 43.0. The third kappa shape index (κ3) is 46.3. The first-order valence-electron chi connectivity index (χ1n) is 25.4. The van der Waals surface area contributed by atoms with Crippen molar-refractivity contribution >= 4 is 19.8 Å². The molecule has 0 aliphatic heterocycles. The van der Waals surface area contributed by atoms with E-state index in [2.05, 4.69) is 26.0 Å². The van der Waals surface area contributed by atoms with Gasteiger partial charge in [-0.25, -0.2) is 0 Å². The van der Waals surface area contributed by atoms with Gasteiger partial charge in [-0.15, -0.1) is 0 Å². The number of ether oxygens (including phenoxy) is 2. The number of hydrogen-bond donors (Lipinski definition) is 0. The van der Waals surface area contributed by atoms with Gasteiger partial charge in [-0.05, 0) is 32.1 Å². The van der Waals surface area contributed by atoms with E-state index in [1.165, 1.54) is 180 Å². The lowest BCUT2D eigenvalue weighted by Crippen LogP contribution is -2.37. The number of phosphoric ester groups is 1. The molecular formula is C50H98NO8P. The van der Waals surface area contributed by atoms with Crippen LogP contribution < -0.4 is 4.89 Å². The molecule has 0 radical (unpaired) electrons. The van der Waals surface area contributed by atoms with E-state index in [4.69, 9.17) is 18.5 Å². The third-order valence-electron chi connectivity index (χ3n) is 11.3. The van der Waals surface area contributed by atoms with Gasteiger partial charge in [-0.1, -0.05) is 212 Å². The fraction of sp³-hybridized carbons (Fsp3) is 0.920. The number of hydrogen-bond acceptors (Lipinski definition) is 8. The molecule has 0 rings (SSSR count). The molecule has 60 heavy (non-hydrogen) atoms. The van der Waals surface area contributed by atoms with Crippen LogP contribution in [0.4, 0.5) is 0 Å². The molecule has 10 heteroatoms. The lowest BCUT2D eigenvalue weighted by atomic mass is 10.0. The van der Waals surface area contributed by atoms with Gasteiger partial charge < -0.3 is 27.9 Å². The molecule has 0 aromatic carbocycles. The van der Waals surface area contributed by atoms with Crippen LogP contribution in [0.2, 0.25) is 0 Å². The van der Waals surface area contributed by atoms with Crippen molar-refractivity contribution in [3.63, 3.8) is 0 Å². The van der Waals surface area contributed by atoms with Crippen molar-refractivity contribution in [3.8, 4) is 0 Å². The zero-order valence-electron chi connectivity index (χ0n) is 40.2. The Bertz CT molecular complexity index is 1030. The summed E-state index contributed by atoms with van der Waals surface area (Å²) in [7, 11) is 1.18. The first-order chi connectivity index (χ1) is 29.0. The van der Waals surface area contributed by atoms with E-state index in [9.17, 15) is 19.0 Å². The Hall–Kier alpha value is -1.25. The SMILES string of the molecule is CCCC/C=C/CCCCCCCCCCCC(=O)OC[C@H](COP(=O)([O-])OCC[N+](C)(C)C)OC(=O)CCCCCCCCCCCCCCCCCCCCCCC. The topological polar surface area (TPSA) is 111 Å². The number of rotatable bonds is 47. The smallest absolute Gasteiger partial charge is 0.306 e. The zero-order chi connectivity index (χ0) is 44.3. The minimum absolute atomic E-state index is 0.0275. The highest BCUT2D eigenvalue weighted by molar-refractivity contribution is 7.45. The van der Waals surface area contributed by atoms with Gasteiger partial charge in [0.25, 0.3) is 7.82 Å². The number of carbonyl (C=O) groups excluding carboxylic acids is 2. The molecule has 2 atom stereocenters. The average molecular weight is 872 g/mol. The van der Waals surface area contributed by atoms with E-state index >= 15 is 0 Å². The highest BCUT2D eigenvalue weighted by Gasteiger charge is 2.21. The van der Waals surface area contributed by atoms with Gasteiger partial charge in [0.05, 0.1) is 27.7 Å². The molecule has 9 nitrogen and oxygen atoms in total. The number of phosphoric acid groups is 1. The lowest BCUT2D eigenvalue weighted by Gasteiger charge is -2.28. The van der Waals surface area contributed by atoms with E-state index in [0.29, 0.717) is 17.4 Å². The molecule has 0 aromatic rings. The van der Waals surface area contributed by atoms with Crippen LogP contribution >= 0.6 is 7.82 Å². The van der Waals surface area contributed by atoms with E-state index in [1.54, 1.807) is 0 Å². The van der Waals surface area contributed by atoms with Crippen molar-refractivity contribution in [2.24, 2.45) is 0 Å². The summed E-state index contributed by atoms with van der Waals surface area (Å²) in [4.78, 5) is 37.7. The Balaban J connectivity index is 4.20. The molecule has 1 unspecified atom stereocenters. The van der Waals surface area contributed by atoms with Crippen LogP contribution in [0.25, 0.3) is 0 Å². The Morgan fingerprint density at radius 3 is 1.28 bits per heavy atom. The monoisotopic (exact) mass is 872 g/mol. The van der Waals surface area contributed by atoms with Crippen LogP contribution in [-0.4, -0.2) is 70.0 Å². The largest absolute Gasteiger partial charge is 0.756 e. The molecule has 0 N–H and O–H groups in total. The highest BCUT2D eigenvalue weighted by atomic mass is 31.2. The summed E-state index contributed by atoms with van der Waals surface area (Å²) < 4.78 is 34.0. The summed E-state index contributed by atoms with van der Waals surface area (Å²) >= 11 is 0. The summed E-state index contributed by atoms with van der Waals surface area (Å²) in [5, 5.41) is 0. The molecule has 0 saturated heterocycles. The van der Waals surface area contributed by atoms with Crippen LogP contribution in [-0.2, 0) is 32.7 Å². The first kappa shape index (κ1) is 58.8. The van der Waals surface area contributed by atoms with E-state index in [-0.39, 0.29) is 32.0 Å². The maximum Gasteiger partial charge on any atom is 0.306 e. The first-order valence-corrected chi connectivity index (χ1v) is 26.9. The molecule has 356 valence electrons. The third-order valence-corrected chi connectivity index (χ3v) is 12.2. The standard InChI is InChI=1S/C50H98NO8P/c1-6-8-10-12-14-16-18-20-22-23-24-25-26-27-29-31-33-35-37-39-41-43-50(53)59-48(47-58-60(54,55)57-45-44-51(3,4)5)46-56-49(52)42-40-38-36-34-32-30-28-21-19-17-15-13-11-9-7-2/h13,15,48H,6-12,14,16-47H2,1-5H3/b15-13+/t48-/m1/s1. The van der Waals surface area contributed by atoms with Crippen LogP contribution in [0.15, 0.2) is 12.2 Å². The fourth-order valence-electron chi connectivity index (χ4n) is 7.29. The molecule has 0 aliphatic carbocycles. The average Bonchev–Trinajstić information content (AvgIpc) is 3.20. The Morgan fingerprint density at radius 1 is 0.500 bits per heavy atom. The second-order valence-corrected chi connectivity index (χ2v) is 20.0. The van der Waals surface area contributed by atoms with E-state index < -0.39 is 26.5 Å². The van der Waals surface area contributed by atoms with Gasteiger partial charge in [0.2, 0.25) is 0 Å². The number of nitrogens with zero attached hydrogens (tertiary/aromatic N) is 1. The van der Waals surface area contributed by atoms with Crippen LogP contribution in [0.5, 0.6) is 0 Å². The molecule has 0 saturated carbocycles. The van der Waals surface area contributed by atoms with Crippen molar-refractivity contribution in [1.82, 2.24) is 0 Å². The summed E-state index contributed by atoms with van der Waals surface area (Å²) in [6.07, 6.45) is 46.7. The van der Waals surface area contributed by atoms with Crippen molar-refractivity contribution in [2.45, 2.75) is 251 Å². The van der Waals surface area contributed by atoms with Crippen molar-refractivity contribution in [2.75, 3.05) is 47.5 Å². The van der Waals surface area contributed by atoms with Crippen molar-refractivity contribution in [3.05, 3.63) is 12.2 Å². The Labute approximate surface area is 371 Å². The highest BCUT2D eigenvalue weighted by Crippen LogP contribution is 2.38. The molecule has 0 amide bonds. The molecule has 0 bridgehead atoms. The zero-order valence-corrected chi connectivity index (χ0v) is 41.1. The van der Waals surface area contributed by atoms with Gasteiger partial charge in [-0.3, -0.25) is 14.2 Å².